The molecular formula is C23H39N5O2. The molecular weight excluding hydrogens is 378 g/mol. The molecule has 0 spiro atoms. The Morgan fingerprint density at radius 3 is 2.73 bits per heavy atom. The average molecular weight is 418 g/mol. The first kappa shape index (κ1) is 24.2. The third-order valence-electron chi connectivity index (χ3n) is 5.39. The van der Waals surface area contributed by atoms with E-state index in [1.807, 2.05) is 30.0 Å². The first-order valence-electron chi connectivity index (χ1n) is 11.0. The second-order valence-electron chi connectivity index (χ2n) is 8.15. The van der Waals surface area contributed by atoms with Gasteiger partial charge < -0.3 is 25.2 Å². The first-order valence-corrected chi connectivity index (χ1v) is 11.0. The molecule has 1 heterocycles. The number of likely N-dealkylation sites (tertiary alicyclic amines) is 1. The van der Waals surface area contributed by atoms with E-state index in [-0.39, 0.29) is 12.0 Å². The number of aliphatic imine (C=N–C) groups is 1. The molecule has 7 nitrogen and oxygen atoms in total. The summed E-state index contributed by atoms with van der Waals surface area (Å²) in [6, 6.07) is 10.3. The zero-order valence-electron chi connectivity index (χ0n) is 19.1. The number of carbonyl (C=O) groups is 1. The highest BCUT2D eigenvalue weighted by Gasteiger charge is 2.29. The molecule has 30 heavy (non-hydrogen) atoms. The molecule has 0 aliphatic carbocycles. The van der Waals surface area contributed by atoms with E-state index in [4.69, 9.17) is 4.74 Å². The van der Waals surface area contributed by atoms with Crippen molar-refractivity contribution in [1.82, 2.24) is 20.4 Å². The fourth-order valence-corrected chi connectivity index (χ4v) is 3.67. The van der Waals surface area contributed by atoms with E-state index in [9.17, 15) is 4.79 Å². The zero-order chi connectivity index (χ0) is 21.8. The minimum Gasteiger partial charge on any atom is -0.377 e. The fraction of sp³-hybridized carbons (Fsp3) is 0.652. The number of benzene rings is 1. The summed E-state index contributed by atoms with van der Waals surface area (Å²) in [5, 5.41) is 6.75. The molecule has 1 saturated heterocycles. The summed E-state index contributed by atoms with van der Waals surface area (Å²) in [5.74, 6) is 1.32. The van der Waals surface area contributed by atoms with Crippen LogP contribution in [0.15, 0.2) is 35.3 Å². The lowest BCUT2D eigenvalue weighted by Gasteiger charge is -2.22. The maximum atomic E-state index is 12.4. The van der Waals surface area contributed by atoms with Crippen molar-refractivity contribution in [3.63, 3.8) is 0 Å². The molecule has 168 valence electrons. The van der Waals surface area contributed by atoms with E-state index in [0.717, 1.165) is 45.0 Å². The fourth-order valence-electron chi connectivity index (χ4n) is 3.67. The monoisotopic (exact) mass is 417 g/mol. The van der Waals surface area contributed by atoms with Crippen molar-refractivity contribution in [2.45, 2.75) is 32.3 Å². The van der Waals surface area contributed by atoms with Crippen LogP contribution < -0.4 is 10.6 Å². The maximum Gasteiger partial charge on any atom is 0.223 e. The lowest BCUT2D eigenvalue weighted by atomic mass is 10.1. The van der Waals surface area contributed by atoms with Crippen LogP contribution in [-0.4, -0.2) is 88.2 Å². The van der Waals surface area contributed by atoms with Crippen molar-refractivity contribution in [2.75, 3.05) is 60.5 Å². The summed E-state index contributed by atoms with van der Waals surface area (Å²) in [5.41, 5.74) is 1.27. The molecule has 0 saturated carbocycles. The summed E-state index contributed by atoms with van der Waals surface area (Å²) in [6.07, 6.45) is 2.63. The Hall–Kier alpha value is -2.12. The normalized spacial score (nSPS) is 18.2. The minimum atomic E-state index is 0.150. The van der Waals surface area contributed by atoms with Gasteiger partial charge in [-0.05, 0) is 39.4 Å². The van der Waals surface area contributed by atoms with Crippen molar-refractivity contribution in [2.24, 2.45) is 10.9 Å². The van der Waals surface area contributed by atoms with E-state index in [1.54, 1.807) is 7.05 Å². The highest BCUT2D eigenvalue weighted by molar-refractivity contribution is 5.80. The number of carbonyl (C=O) groups excluding carboxylic acids is 1. The molecule has 0 aromatic heterocycles. The Balaban J connectivity index is 1.71. The number of hydrogen-bond acceptors (Lipinski definition) is 4. The third-order valence-corrected chi connectivity index (χ3v) is 5.39. The van der Waals surface area contributed by atoms with Crippen LogP contribution in [0.4, 0.5) is 0 Å². The molecule has 1 aromatic rings. The second-order valence-corrected chi connectivity index (χ2v) is 8.15. The smallest absolute Gasteiger partial charge is 0.223 e. The summed E-state index contributed by atoms with van der Waals surface area (Å²) < 4.78 is 5.83. The van der Waals surface area contributed by atoms with E-state index in [2.05, 4.69) is 46.8 Å². The van der Waals surface area contributed by atoms with Gasteiger partial charge in [0.15, 0.2) is 5.96 Å². The topological polar surface area (TPSA) is 69.2 Å². The number of amides is 1. The highest BCUT2D eigenvalue weighted by Crippen LogP contribution is 2.17. The molecule has 2 unspecified atom stereocenters. The summed E-state index contributed by atoms with van der Waals surface area (Å²) >= 11 is 0. The van der Waals surface area contributed by atoms with Gasteiger partial charge in [0.2, 0.25) is 5.91 Å². The van der Waals surface area contributed by atoms with Gasteiger partial charge in [0.25, 0.3) is 0 Å². The molecule has 0 radical (unpaired) electrons. The van der Waals surface area contributed by atoms with E-state index in [1.165, 1.54) is 5.56 Å². The van der Waals surface area contributed by atoms with Gasteiger partial charge in [-0.2, -0.15) is 0 Å². The van der Waals surface area contributed by atoms with Crippen LogP contribution in [0.5, 0.6) is 0 Å². The Morgan fingerprint density at radius 1 is 1.30 bits per heavy atom. The maximum absolute atomic E-state index is 12.4. The molecule has 1 amide bonds. The standard InChI is InChI=1S/C23H39N5O2/c1-5-30-21(12-13-27(3)4)17-26-23(24-2)25-16-20-15-22(29)28(18-20)14-11-19-9-7-6-8-10-19/h6-10,20-21H,5,11-18H2,1-4H3,(H2,24,25,26). The number of ether oxygens (including phenoxy) is 1. The quantitative estimate of drug-likeness (QED) is 0.399. The summed E-state index contributed by atoms with van der Waals surface area (Å²) in [7, 11) is 5.92. The number of hydrogen-bond donors (Lipinski definition) is 2. The predicted octanol–water partition coefficient (Wildman–Crippen LogP) is 1.60. The Morgan fingerprint density at radius 2 is 2.07 bits per heavy atom. The van der Waals surface area contributed by atoms with Crippen molar-refractivity contribution < 1.29 is 9.53 Å². The average Bonchev–Trinajstić information content (AvgIpc) is 3.10. The molecule has 1 aliphatic heterocycles. The Labute approximate surface area is 181 Å². The van der Waals surface area contributed by atoms with Gasteiger partial charge in [0, 0.05) is 58.7 Å². The lowest BCUT2D eigenvalue weighted by Crippen LogP contribution is -2.44. The van der Waals surface area contributed by atoms with Crippen molar-refractivity contribution in [3.8, 4) is 0 Å². The van der Waals surface area contributed by atoms with Crippen LogP contribution >= 0.6 is 0 Å². The molecule has 1 aromatic carbocycles. The van der Waals surface area contributed by atoms with Crippen LogP contribution in [-0.2, 0) is 16.0 Å². The minimum absolute atomic E-state index is 0.150. The predicted molar refractivity (Wildman–Crippen MR) is 123 cm³/mol. The van der Waals surface area contributed by atoms with Crippen molar-refractivity contribution in [1.29, 1.82) is 0 Å². The first-order chi connectivity index (χ1) is 14.5. The molecule has 2 N–H and O–H groups in total. The summed E-state index contributed by atoms with van der Waals surface area (Å²) in [6.45, 7) is 6.76. The van der Waals surface area contributed by atoms with Crippen LogP contribution in [0, 0.1) is 5.92 Å². The highest BCUT2D eigenvalue weighted by atomic mass is 16.5. The van der Waals surface area contributed by atoms with Gasteiger partial charge in [-0.1, -0.05) is 30.3 Å². The molecule has 1 fully saturated rings. The SMILES string of the molecule is CCOC(CCN(C)C)CNC(=NC)NCC1CC(=O)N(CCc2ccccc2)C1. The molecule has 0 bridgehead atoms. The Bertz CT molecular complexity index is 650. The number of guanidine groups is 1. The largest absolute Gasteiger partial charge is 0.377 e. The summed E-state index contributed by atoms with van der Waals surface area (Å²) in [4.78, 5) is 20.8. The van der Waals surface area contributed by atoms with Gasteiger partial charge in [0.05, 0.1) is 6.10 Å². The number of nitrogens with one attached hydrogen (secondary N) is 2. The number of nitrogens with zero attached hydrogens (tertiary/aromatic N) is 3. The molecule has 2 atom stereocenters. The van der Waals surface area contributed by atoms with Gasteiger partial charge in [-0.25, -0.2) is 0 Å². The van der Waals surface area contributed by atoms with E-state index >= 15 is 0 Å². The van der Waals surface area contributed by atoms with Crippen molar-refractivity contribution in [3.05, 3.63) is 35.9 Å². The van der Waals surface area contributed by atoms with Crippen LogP contribution in [0.2, 0.25) is 0 Å². The van der Waals surface area contributed by atoms with Gasteiger partial charge >= 0.3 is 0 Å². The molecule has 1 aliphatic rings. The van der Waals surface area contributed by atoms with Gasteiger partial charge in [-0.3, -0.25) is 9.79 Å². The zero-order valence-corrected chi connectivity index (χ0v) is 19.1. The Kier molecular flexibility index (Phi) is 10.7. The van der Waals surface area contributed by atoms with Crippen molar-refractivity contribution >= 4 is 11.9 Å². The van der Waals surface area contributed by atoms with Crippen LogP contribution in [0.1, 0.15) is 25.3 Å². The van der Waals surface area contributed by atoms with E-state index in [0.29, 0.717) is 25.5 Å². The molecule has 2 rings (SSSR count). The number of rotatable bonds is 12. The van der Waals surface area contributed by atoms with Crippen LogP contribution in [0.25, 0.3) is 0 Å². The van der Waals surface area contributed by atoms with Gasteiger partial charge in [0.1, 0.15) is 0 Å². The van der Waals surface area contributed by atoms with E-state index < -0.39 is 0 Å². The van der Waals surface area contributed by atoms with Gasteiger partial charge in [-0.15, -0.1) is 0 Å². The van der Waals surface area contributed by atoms with Crippen LogP contribution in [0.3, 0.4) is 0 Å². The second kappa shape index (κ2) is 13.2. The molecule has 7 heteroatoms. The third kappa shape index (κ3) is 8.71. The lowest BCUT2D eigenvalue weighted by molar-refractivity contribution is -0.127.